The van der Waals surface area contributed by atoms with Crippen LogP contribution in [0.2, 0.25) is 0 Å². The Labute approximate surface area is 87.2 Å². The monoisotopic (exact) mass is 202 g/mol. The molecule has 0 unspecified atom stereocenters. The van der Waals surface area contributed by atoms with E-state index in [4.69, 9.17) is 4.74 Å². The molecule has 0 fully saturated rings. The lowest BCUT2D eigenvalue weighted by Gasteiger charge is -2.02. The second-order valence-electron chi connectivity index (χ2n) is 3.01. The predicted molar refractivity (Wildman–Crippen MR) is 55.7 cm³/mol. The lowest BCUT2D eigenvalue weighted by atomic mass is 10.1. The van der Waals surface area contributed by atoms with E-state index >= 15 is 0 Å². The molecule has 0 saturated heterocycles. The quantitative estimate of drug-likeness (QED) is 0.807. The third kappa shape index (κ3) is 2.04. The molecule has 15 heavy (non-hydrogen) atoms. The summed E-state index contributed by atoms with van der Waals surface area (Å²) < 4.78 is 4.86. The minimum absolute atomic E-state index is 0.225. The van der Waals surface area contributed by atoms with Crippen molar-refractivity contribution >= 4 is 0 Å². The summed E-state index contributed by atoms with van der Waals surface area (Å²) in [5.74, 6) is 0.225. The molecule has 2 aromatic rings. The summed E-state index contributed by atoms with van der Waals surface area (Å²) in [7, 11) is 1.52. The van der Waals surface area contributed by atoms with Gasteiger partial charge in [0.1, 0.15) is 5.75 Å². The van der Waals surface area contributed by atoms with E-state index in [1.807, 2.05) is 6.07 Å². The highest BCUT2D eigenvalue weighted by atomic mass is 16.5. The number of benzene rings is 1. The topological polar surface area (TPSA) is 55.2 Å². The lowest BCUT2D eigenvalue weighted by molar-refractivity contribution is 0.380. The molecule has 1 aromatic heterocycles. The molecule has 76 valence electrons. The molecule has 0 aliphatic carbocycles. The molecule has 0 saturated carbocycles. The Morgan fingerprint density at radius 3 is 2.47 bits per heavy atom. The number of methoxy groups -OCH3 is 1. The van der Waals surface area contributed by atoms with Crippen LogP contribution in [-0.4, -0.2) is 22.2 Å². The Bertz CT molecular complexity index is 454. The number of ether oxygens (including phenoxy) is 1. The fraction of sp³-hybridized carbons (Fsp3) is 0.0909. The number of rotatable bonds is 2. The van der Waals surface area contributed by atoms with Crippen molar-refractivity contribution in [3.8, 4) is 22.9 Å². The highest BCUT2D eigenvalue weighted by molar-refractivity contribution is 5.63. The van der Waals surface area contributed by atoms with E-state index in [2.05, 4.69) is 9.97 Å². The number of phenolic OH excluding ortho intramolecular Hbond substituents is 1. The highest BCUT2D eigenvalue weighted by Crippen LogP contribution is 2.22. The fourth-order valence-electron chi connectivity index (χ4n) is 1.26. The zero-order chi connectivity index (χ0) is 10.7. The van der Waals surface area contributed by atoms with Gasteiger partial charge in [-0.25, -0.2) is 9.97 Å². The summed E-state index contributed by atoms with van der Waals surface area (Å²) in [5.41, 5.74) is 1.71. The van der Waals surface area contributed by atoms with Crippen molar-refractivity contribution in [2.45, 2.75) is 0 Å². The minimum atomic E-state index is 0.225. The van der Waals surface area contributed by atoms with Crippen LogP contribution in [0.4, 0.5) is 0 Å². The smallest absolute Gasteiger partial charge is 0.316 e. The number of hydrogen-bond donors (Lipinski definition) is 1. The van der Waals surface area contributed by atoms with Gasteiger partial charge in [-0.1, -0.05) is 12.1 Å². The van der Waals surface area contributed by atoms with Crippen LogP contribution in [0, 0.1) is 0 Å². The van der Waals surface area contributed by atoms with Crippen LogP contribution < -0.4 is 4.74 Å². The maximum Gasteiger partial charge on any atom is 0.316 e. The van der Waals surface area contributed by atoms with Gasteiger partial charge in [0.15, 0.2) is 0 Å². The fourth-order valence-corrected chi connectivity index (χ4v) is 1.26. The largest absolute Gasteiger partial charge is 0.508 e. The third-order valence-corrected chi connectivity index (χ3v) is 1.99. The van der Waals surface area contributed by atoms with Gasteiger partial charge >= 0.3 is 6.01 Å². The van der Waals surface area contributed by atoms with Crippen molar-refractivity contribution in [1.82, 2.24) is 9.97 Å². The Morgan fingerprint density at radius 1 is 1.13 bits per heavy atom. The Balaban J connectivity index is 2.37. The maximum absolute atomic E-state index is 9.31. The van der Waals surface area contributed by atoms with Crippen molar-refractivity contribution in [1.29, 1.82) is 0 Å². The summed E-state index contributed by atoms with van der Waals surface area (Å²) in [6.07, 6.45) is 3.31. The Hall–Kier alpha value is -2.10. The van der Waals surface area contributed by atoms with Crippen LogP contribution in [0.3, 0.4) is 0 Å². The maximum atomic E-state index is 9.31. The van der Waals surface area contributed by atoms with Gasteiger partial charge in [0.25, 0.3) is 0 Å². The molecule has 0 bridgehead atoms. The zero-order valence-electron chi connectivity index (χ0n) is 8.21. The van der Waals surface area contributed by atoms with E-state index in [0.29, 0.717) is 6.01 Å². The first-order valence-corrected chi connectivity index (χ1v) is 4.45. The van der Waals surface area contributed by atoms with E-state index < -0.39 is 0 Å². The number of hydrogen-bond acceptors (Lipinski definition) is 4. The van der Waals surface area contributed by atoms with Crippen LogP contribution in [0.5, 0.6) is 11.8 Å². The molecule has 4 heteroatoms. The van der Waals surface area contributed by atoms with Gasteiger partial charge in [-0.3, -0.25) is 0 Å². The van der Waals surface area contributed by atoms with Gasteiger partial charge in [0, 0.05) is 18.0 Å². The van der Waals surface area contributed by atoms with Gasteiger partial charge < -0.3 is 9.84 Å². The third-order valence-electron chi connectivity index (χ3n) is 1.99. The van der Waals surface area contributed by atoms with E-state index in [1.165, 1.54) is 7.11 Å². The molecule has 2 rings (SSSR count). The van der Waals surface area contributed by atoms with Gasteiger partial charge in [-0.05, 0) is 17.7 Å². The molecule has 0 atom stereocenters. The molecule has 0 amide bonds. The zero-order valence-corrected chi connectivity index (χ0v) is 8.21. The first-order chi connectivity index (χ1) is 7.29. The van der Waals surface area contributed by atoms with Crippen LogP contribution in [0.15, 0.2) is 36.7 Å². The van der Waals surface area contributed by atoms with Crippen molar-refractivity contribution in [2.24, 2.45) is 0 Å². The first kappa shape index (κ1) is 9.45. The second kappa shape index (κ2) is 3.96. The number of nitrogens with zero attached hydrogens (tertiary/aromatic N) is 2. The SMILES string of the molecule is COc1ncc(-c2cccc(O)c2)cn1. The molecule has 1 N–H and O–H groups in total. The number of aromatic nitrogens is 2. The van der Waals surface area contributed by atoms with Crippen molar-refractivity contribution < 1.29 is 9.84 Å². The molecular formula is C11H10N2O2. The molecule has 0 aliphatic rings. The van der Waals surface area contributed by atoms with E-state index in [1.54, 1.807) is 30.6 Å². The van der Waals surface area contributed by atoms with Crippen molar-refractivity contribution in [2.75, 3.05) is 7.11 Å². The molecule has 1 aromatic carbocycles. The molecule has 0 spiro atoms. The summed E-state index contributed by atoms with van der Waals surface area (Å²) in [4.78, 5) is 7.98. The lowest BCUT2D eigenvalue weighted by Crippen LogP contribution is -1.91. The van der Waals surface area contributed by atoms with Crippen LogP contribution in [-0.2, 0) is 0 Å². The van der Waals surface area contributed by atoms with Gasteiger partial charge in [0.2, 0.25) is 0 Å². The van der Waals surface area contributed by atoms with Gasteiger partial charge in [0.05, 0.1) is 7.11 Å². The van der Waals surface area contributed by atoms with Crippen LogP contribution in [0.1, 0.15) is 0 Å². The molecule has 0 radical (unpaired) electrons. The molecular weight excluding hydrogens is 192 g/mol. The first-order valence-electron chi connectivity index (χ1n) is 4.45. The summed E-state index contributed by atoms with van der Waals surface area (Å²) in [5, 5.41) is 9.31. The van der Waals surface area contributed by atoms with E-state index in [0.717, 1.165) is 11.1 Å². The summed E-state index contributed by atoms with van der Waals surface area (Å²) in [6.45, 7) is 0. The second-order valence-corrected chi connectivity index (χ2v) is 3.01. The standard InChI is InChI=1S/C11H10N2O2/c1-15-11-12-6-9(7-13-11)8-3-2-4-10(14)5-8/h2-7,14H,1H3. The van der Waals surface area contributed by atoms with Crippen molar-refractivity contribution in [3.05, 3.63) is 36.7 Å². The average molecular weight is 202 g/mol. The van der Waals surface area contributed by atoms with Gasteiger partial charge in [-0.15, -0.1) is 0 Å². The normalized spacial score (nSPS) is 9.93. The molecule has 4 nitrogen and oxygen atoms in total. The minimum Gasteiger partial charge on any atom is -0.508 e. The summed E-state index contributed by atoms with van der Waals surface area (Å²) in [6, 6.07) is 7.26. The number of aromatic hydroxyl groups is 1. The highest BCUT2D eigenvalue weighted by Gasteiger charge is 2.00. The van der Waals surface area contributed by atoms with Gasteiger partial charge in [-0.2, -0.15) is 0 Å². The number of phenols is 1. The Morgan fingerprint density at radius 2 is 1.87 bits per heavy atom. The Kier molecular flexibility index (Phi) is 2.49. The van der Waals surface area contributed by atoms with Crippen molar-refractivity contribution in [3.63, 3.8) is 0 Å². The predicted octanol–water partition coefficient (Wildman–Crippen LogP) is 1.86. The summed E-state index contributed by atoms with van der Waals surface area (Å²) >= 11 is 0. The average Bonchev–Trinajstić information content (AvgIpc) is 2.29. The van der Waals surface area contributed by atoms with Crippen LogP contribution in [0.25, 0.3) is 11.1 Å². The molecule has 0 aliphatic heterocycles. The van der Waals surface area contributed by atoms with E-state index in [-0.39, 0.29) is 5.75 Å². The van der Waals surface area contributed by atoms with Crippen LogP contribution >= 0.6 is 0 Å². The van der Waals surface area contributed by atoms with E-state index in [9.17, 15) is 5.11 Å². The molecule has 1 heterocycles.